The predicted molar refractivity (Wildman–Crippen MR) is 62.4 cm³/mol. The molecule has 0 spiro atoms. The summed E-state index contributed by atoms with van der Waals surface area (Å²) in [5.74, 6) is 1.16. The van der Waals surface area contributed by atoms with Crippen LogP contribution in [0.15, 0.2) is 23.8 Å². The Kier molecular flexibility index (Phi) is 2.10. The molecule has 3 rings (SSSR count). The van der Waals surface area contributed by atoms with E-state index in [0.717, 1.165) is 29.7 Å². The molecule has 82 valence electrons. The zero-order chi connectivity index (χ0) is 11.1. The van der Waals surface area contributed by atoms with Gasteiger partial charge in [0, 0.05) is 17.6 Å². The van der Waals surface area contributed by atoms with E-state index in [1.54, 1.807) is 0 Å². The molecular weight excluding hydrogens is 200 g/mol. The first-order valence-electron chi connectivity index (χ1n) is 5.76. The molecule has 2 heteroatoms. The molecule has 0 radical (unpaired) electrons. The molecule has 2 aliphatic rings. The smallest absolute Gasteiger partial charge is 0.162 e. The van der Waals surface area contributed by atoms with Gasteiger partial charge in [0.2, 0.25) is 0 Å². The number of Topliss-reactive ketones (excluding diaryl/α,β-unsaturated/α-hetero) is 1. The zero-order valence-electron chi connectivity index (χ0n) is 9.32. The summed E-state index contributed by atoms with van der Waals surface area (Å²) in [4.78, 5) is 11.8. The fraction of sp³-hybridized carbons (Fsp3) is 0.357. The number of fused-ring (bicyclic) bond motifs is 2. The molecule has 1 aliphatic heterocycles. The molecular formula is C14H14O2. The fourth-order valence-electron chi connectivity index (χ4n) is 2.43. The van der Waals surface area contributed by atoms with Crippen LogP contribution in [0.5, 0.6) is 5.75 Å². The van der Waals surface area contributed by atoms with Crippen molar-refractivity contribution in [2.45, 2.75) is 32.3 Å². The number of carbonyl (C=O) groups is 1. The van der Waals surface area contributed by atoms with Crippen molar-refractivity contribution in [1.29, 1.82) is 0 Å². The lowest BCUT2D eigenvalue weighted by Gasteiger charge is -2.29. The molecule has 0 aromatic heterocycles. The standard InChI is InChI=1S/C14H14O2/c1-9-5-6-13-10(7-9)8-11-12(15)3-2-4-14(11)16-13/h5-8,14H,2-4H2,1H3/t14-/m1/s1. The number of hydrogen-bond acceptors (Lipinski definition) is 2. The molecule has 2 nitrogen and oxygen atoms in total. The van der Waals surface area contributed by atoms with Gasteiger partial charge in [0.25, 0.3) is 0 Å². The maximum Gasteiger partial charge on any atom is 0.162 e. The first kappa shape index (κ1) is 9.64. The van der Waals surface area contributed by atoms with E-state index >= 15 is 0 Å². The largest absolute Gasteiger partial charge is 0.485 e. The lowest BCUT2D eigenvalue weighted by molar-refractivity contribution is -0.117. The van der Waals surface area contributed by atoms with Crippen molar-refractivity contribution in [2.75, 3.05) is 0 Å². The number of ether oxygens (including phenoxy) is 1. The minimum absolute atomic E-state index is 0.00328. The number of ketones is 1. The monoisotopic (exact) mass is 214 g/mol. The molecule has 0 saturated heterocycles. The summed E-state index contributed by atoms with van der Waals surface area (Å²) in [7, 11) is 0. The summed E-state index contributed by atoms with van der Waals surface area (Å²) in [5.41, 5.74) is 3.10. The van der Waals surface area contributed by atoms with Crippen LogP contribution in [0.25, 0.3) is 6.08 Å². The van der Waals surface area contributed by atoms with Crippen molar-refractivity contribution < 1.29 is 9.53 Å². The van der Waals surface area contributed by atoms with Crippen molar-refractivity contribution in [3.05, 3.63) is 34.9 Å². The minimum atomic E-state index is -0.00328. The average molecular weight is 214 g/mol. The highest BCUT2D eigenvalue weighted by Gasteiger charge is 2.30. The van der Waals surface area contributed by atoms with Gasteiger partial charge in [0.05, 0.1) is 0 Å². The molecule has 1 saturated carbocycles. The Balaban J connectivity index is 2.09. The van der Waals surface area contributed by atoms with E-state index in [1.165, 1.54) is 5.56 Å². The van der Waals surface area contributed by atoms with E-state index in [-0.39, 0.29) is 11.9 Å². The third-order valence-electron chi connectivity index (χ3n) is 3.28. The number of hydrogen-bond donors (Lipinski definition) is 0. The molecule has 0 unspecified atom stereocenters. The van der Waals surface area contributed by atoms with Gasteiger partial charge < -0.3 is 4.74 Å². The number of rotatable bonds is 0. The van der Waals surface area contributed by atoms with Gasteiger partial charge in [-0.25, -0.2) is 0 Å². The summed E-state index contributed by atoms with van der Waals surface area (Å²) in [6, 6.07) is 6.11. The van der Waals surface area contributed by atoms with Crippen molar-refractivity contribution in [3.63, 3.8) is 0 Å². The Bertz CT molecular complexity index is 486. The molecule has 1 aliphatic carbocycles. The number of benzene rings is 1. The molecule has 1 atom stereocenters. The van der Waals surface area contributed by atoms with Gasteiger partial charge in [-0.3, -0.25) is 4.79 Å². The number of aryl methyl sites for hydroxylation is 1. The van der Waals surface area contributed by atoms with Crippen molar-refractivity contribution in [3.8, 4) is 5.75 Å². The second-order valence-corrected chi connectivity index (χ2v) is 4.56. The Morgan fingerprint density at radius 1 is 1.38 bits per heavy atom. The van der Waals surface area contributed by atoms with Crippen LogP contribution in [0.4, 0.5) is 0 Å². The molecule has 0 bridgehead atoms. The highest BCUT2D eigenvalue weighted by molar-refractivity contribution is 6.02. The van der Waals surface area contributed by atoms with E-state index in [4.69, 9.17) is 4.74 Å². The van der Waals surface area contributed by atoms with Crippen LogP contribution in [-0.4, -0.2) is 11.9 Å². The predicted octanol–water partition coefficient (Wildman–Crippen LogP) is 2.89. The van der Waals surface area contributed by atoms with Gasteiger partial charge >= 0.3 is 0 Å². The summed E-state index contributed by atoms with van der Waals surface area (Å²) >= 11 is 0. The third kappa shape index (κ3) is 1.45. The van der Waals surface area contributed by atoms with Crippen LogP contribution in [0.2, 0.25) is 0 Å². The molecule has 1 fully saturated rings. The SMILES string of the molecule is Cc1ccc2c(c1)C=C1C(=O)CCC[C@H]1O2. The number of carbonyl (C=O) groups excluding carboxylic acids is 1. The van der Waals surface area contributed by atoms with Crippen LogP contribution >= 0.6 is 0 Å². The summed E-state index contributed by atoms with van der Waals surface area (Å²) < 4.78 is 5.87. The summed E-state index contributed by atoms with van der Waals surface area (Å²) in [5, 5.41) is 0. The molecule has 0 amide bonds. The highest BCUT2D eigenvalue weighted by Crippen LogP contribution is 2.35. The Morgan fingerprint density at radius 3 is 3.12 bits per heavy atom. The molecule has 0 N–H and O–H groups in total. The van der Waals surface area contributed by atoms with E-state index in [9.17, 15) is 4.79 Å². The van der Waals surface area contributed by atoms with Crippen LogP contribution < -0.4 is 4.74 Å². The normalized spacial score (nSPS) is 22.9. The molecule has 1 aromatic rings. The van der Waals surface area contributed by atoms with E-state index in [0.29, 0.717) is 6.42 Å². The zero-order valence-corrected chi connectivity index (χ0v) is 9.32. The van der Waals surface area contributed by atoms with Crippen LogP contribution in [-0.2, 0) is 4.79 Å². The summed E-state index contributed by atoms with van der Waals surface area (Å²) in [6.07, 6.45) is 4.59. The van der Waals surface area contributed by atoms with Gasteiger partial charge in [-0.2, -0.15) is 0 Å². The van der Waals surface area contributed by atoms with Crippen LogP contribution in [0.1, 0.15) is 30.4 Å². The van der Waals surface area contributed by atoms with E-state index in [1.807, 2.05) is 25.1 Å². The fourth-order valence-corrected chi connectivity index (χ4v) is 2.43. The maximum absolute atomic E-state index is 11.8. The third-order valence-corrected chi connectivity index (χ3v) is 3.28. The average Bonchev–Trinajstić information content (AvgIpc) is 2.28. The van der Waals surface area contributed by atoms with Crippen molar-refractivity contribution in [2.24, 2.45) is 0 Å². The van der Waals surface area contributed by atoms with Gasteiger partial charge in [0.1, 0.15) is 11.9 Å². The lowest BCUT2D eigenvalue weighted by Crippen LogP contribution is -2.31. The minimum Gasteiger partial charge on any atom is -0.485 e. The lowest BCUT2D eigenvalue weighted by atomic mass is 9.87. The second-order valence-electron chi connectivity index (χ2n) is 4.56. The van der Waals surface area contributed by atoms with Gasteiger partial charge in [-0.05, 0) is 38.0 Å². The van der Waals surface area contributed by atoms with Gasteiger partial charge in [-0.15, -0.1) is 0 Å². The van der Waals surface area contributed by atoms with Crippen LogP contribution in [0, 0.1) is 6.92 Å². The highest BCUT2D eigenvalue weighted by atomic mass is 16.5. The first-order chi connectivity index (χ1) is 7.74. The first-order valence-corrected chi connectivity index (χ1v) is 5.76. The molecule has 16 heavy (non-hydrogen) atoms. The Morgan fingerprint density at radius 2 is 2.25 bits per heavy atom. The van der Waals surface area contributed by atoms with Crippen molar-refractivity contribution >= 4 is 11.9 Å². The second kappa shape index (κ2) is 3.48. The van der Waals surface area contributed by atoms with E-state index < -0.39 is 0 Å². The Hall–Kier alpha value is -1.57. The molecule has 1 aromatic carbocycles. The van der Waals surface area contributed by atoms with E-state index in [2.05, 4.69) is 6.07 Å². The molecule has 1 heterocycles. The van der Waals surface area contributed by atoms with Gasteiger partial charge in [-0.1, -0.05) is 11.6 Å². The Labute approximate surface area is 94.9 Å². The van der Waals surface area contributed by atoms with Crippen LogP contribution in [0.3, 0.4) is 0 Å². The quantitative estimate of drug-likeness (QED) is 0.663. The maximum atomic E-state index is 11.8. The summed E-state index contributed by atoms with van der Waals surface area (Å²) in [6.45, 7) is 2.05. The topological polar surface area (TPSA) is 26.3 Å². The van der Waals surface area contributed by atoms with Gasteiger partial charge in [0.15, 0.2) is 5.78 Å². The van der Waals surface area contributed by atoms with Crippen molar-refractivity contribution in [1.82, 2.24) is 0 Å².